The average Bonchev–Trinajstić information content (AvgIpc) is 3.24. The molecule has 124 valence electrons. The van der Waals surface area contributed by atoms with E-state index in [4.69, 9.17) is 4.42 Å². The van der Waals surface area contributed by atoms with Crippen molar-refractivity contribution in [3.63, 3.8) is 0 Å². The number of rotatable bonds is 7. The first-order valence-corrected chi connectivity index (χ1v) is 8.14. The maximum absolute atomic E-state index is 13.0. The molecule has 3 aromatic rings. The van der Waals surface area contributed by atoms with Crippen molar-refractivity contribution >= 4 is 6.29 Å². The van der Waals surface area contributed by atoms with Crippen LogP contribution in [0.2, 0.25) is 0 Å². The van der Waals surface area contributed by atoms with Crippen molar-refractivity contribution in [3.05, 3.63) is 82.8 Å². The van der Waals surface area contributed by atoms with Crippen LogP contribution in [0.25, 0.3) is 0 Å². The van der Waals surface area contributed by atoms with E-state index >= 15 is 0 Å². The largest absolute Gasteiger partial charge is 0.465 e. The second-order valence-electron chi connectivity index (χ2n) is 5.83. The fourth-order valence-electron chi connectivity index (χ4n) is 3.00. The third-order valence-corrected chi connectivity index (χ3v) is 4.25. The van der Waals surface area contributed by atoms with Gasteiger partial charge < -0.3 is 14.2 Å². The zero-order chi connectivity index (χ0) is 16.9. The molecule has 0 radical (unpaired) electrons. The van der Waals surface area contributed by atoms with Gasteiger partial charge in [-0.2, -0.15) is 0 Å². The summed E-state index contributed by atoms with van der Waals surface area (Å²) in [5, 5.41) is 0. The lowest BCUT2D eigenvalue weighted by molar-refractivity contribution is -0.108. The van der Waals surface area contributed by atoms with Gasteiger partial charge in [-0.05, 0) is 47.9 Å². The molecule has 0 saturated carbocycles. The molecule has 1 unspecified atom stereocenters. The summed E-state index contributed by atoms with van der Waals surface area (Å²) in [4.78, 5) is 14.4. The van der Waals surface area contributed by atoms with Crippen LogP contribution in [0, 0.1) is 5.82 Å². The molecule has 0 bridgehead atoms. The summed E-state index contributed by atoms with van der Waals surface area (Å²) in [6, 6.07) is 12.3. The normalized spacial score (nSPS) is 12.2. The third kappa shape index (κ3) is 3.48. The van der Waals surface area contributed by atoms with Crippen molar-refractivity contribution in [2.75, 3.05) is 0 Å². The van der Waals surface area contributed by atoms with Crippen LogP contribution in [0.5, 0.6) is 0 Å². The molecule has 0 aliphatic carbocycles. The molecule has 0 amide bonds. The number of aryl methyl sites for hydroxylation is 1. The Morgan fingerprint density at radius 2 is 1.96 bits per heavy atom. The maximum atomic E-state index is 13.0. The molecular weight excluding hydrogens is 305 g/mol. The quantitative estimate of drug-likeness (QED) is 0.644. The van der Waals surface area contributed by atoms with Gasteiger partial charge in [-0.25, -0.2) is 4.39 Å². The summed E-state index contributed by atoms with van der Waals surface area (Å²) in [7, 11) is 0. The Labute approximate surface area is 140 Å². The molecule has 24 heavy (non-hydrogen) atoms. The second-order valence-corrected chi connectivity index (χ2v) is 5.83. The molecule has 2 aromatic heterocycles. The number of carbonyl (C=O) groups excluding carboxylic acids is 1. The molecule has 0 spiro atoms. The lowest BCUT2D eigenvalue weighted by Gasteiger charge is -2.12. The molecule has 0 aliphatic rings. The SMILES string of the molecule is CCc1cc[nH]c1C(CC=O)c1ccc(Cc2ccc(F)cc2)o1. The summed E-state index contributed by atoms with van der Waals surface area (Å²) in [5.74, 6) is 1.23. The van der Waals surface area contributed by atoms with Crippen LogP contribution < -0.4 is 0 Å². The fourth-order valence-corrected chi connectivity index (χ4v) is 3.00. The average molecular weight is 325 g/mol. The lowest BCUT2D eigenvalue weighted by Crippen LogP contribution is -2.04. The Morgan fingerprint density at radius 1 is 1.17 bits per heavy atom. The standard InChI is InChI=1S/C20H20FNO2/c1-2-15-9-11-22-20(15)18(10-12-23)19-8-7-17(24-19)13-14-3-5-16(21)6-4-14/h3-9,11-12,18,22H,2,10,13H2,1H3. The molecule has 1 atom stereocenters. The molecule has 4 heteroatoms. The van der Waals surface area contributed by atoms with Crippen molar-refractivity contribution in [2.24, 2.45) is 0 Å². The number of hydrogen-bond donors (Lipinski definition) is 1. The Morgan fingerprint density at radius 3 is 2.67 bits per heavy atom. The van der Waals surface area contributed by atoms with Gasteiger partial charge in [0.15, 0.2) is 0 Å². The highest BCUT2D eigenvalue weighted by atomic mass is 19.1. The number of H-pyrrole nitrogens is 1. The highest BCUT2D eigenvalue weighted by Gasteiger charge is 2.21. The minimum atomic E-state index is -0.247. The van der Waals surface area contributed by atoms with E-state index in [1.54, 1.807) is 12.1 Å². The second kappa shape index (κ2) is 7.30. The number of carbonyl (C=O) groups is 1. The van der Waals surface area contributed by atoms with Crippen molar-refractivity contribution in [2.45, 2.75) is 32.1 Å². The van der Waals surface area contributed by atoms with E-state index in [0.29, 0.717) is 12.8 Å². The number of nitrogens with one attached hydrogen (secondary N) is 1. The number of aldehydes is 1. The molecule has 1 N–H and O–H groups in total. The van der Waals surface area contributed by atoms with Gasteiger partial charge >= 0.3 is 0 Å². The molecule has 2 heterocycles. The lowest BCUT2D eigenvalue weighted by atomic mass is 9.95. The van der Waals surface area contributed by atoms with Gasteiger partial charge in [-0.3, -0.25) is 0 Å². The zero-order valence-electron chi connectivity index (χ0n) is 13.6. The van der Waals surface area contributed by atoms with Crippen molar-refractivity contribution in [1.29, 1.82) is 0 Å². The Bertz CT molecular complexity index is 801. The van der Waals surface area contributed by atoms with Gasteiger partial charge in [0.2, 0.25) is 0 Å². The maximum Gasteiger partial charge on any atom is 0.123 e. The highest BCUT2D eigenvalue weighted by Crippen LogP contribution is 2.31. The Hall–Kier alpha value is -2.62. The van der Waals surface area contributed by atoms with Gasteiger partial charge in [0.25, 0.3) is 0 Å². The summed E-state index contributed by atoms with van der Waals surface area (Å²) < 4.78 is 19.0. The monoisotopic (exact) mass is 325 g/mol. The first-order chi connectivity index (χ1) is 11.7. The molecule has 3 rings (SSSR count). The number of aromatic nitrogens is 1. The molecule has 0 saturated heterocycles. The zero-order valence-corrected chi connectivity index (χ0v) is 13.6. The van der Waals surface area contributed by atoms with Crippen LogP contribution in [0.15, 0.2) is 53.1 Å². The van der Waals surface area contributed by atoms with E-state index in [1.807, 2.05) is 24.4 Å². The number of hydrogen-bond acceptors (Lipinski definition) is 2. The molecule has 0 aliphatic heterocycles. The number of aromatic amines is 1. The van der Waals surface area contributed by atoms with Crippen LogP contribution in [0.1, 0.15) is 47.6 Å². The number of furan rings is 1. The van der Waals surface area contributed by atoms with E-state index in [0.717, 1.165) is 35.5 Å². The summed E-state index contributed by atoms with van der Waals surface area (Å²) >= 11 is 0. The first-order valence-electron chi connectivity index (χ1n) is 8.14. The highest BCUT2D eigenvalue weighted by molar-refractivity contribution is 5.53. The molecule has 1 aromatic carbocycles. The summed E-state index contributed by atoms with van der Waals surface area (Å²) in [6.07, 6.45) is 4.69. The number of halogens is 1. The molecular formula is C20H20FNO2. The van der Waals surface area contributed by atoms with Crippen LogP contribution >= 0.6 is 0 Å². The van der Waals surface area contributed by atoms with Crippen LogP contribution in [-0.4, -0.2) is 11.3 Å². The Kier molecular flexibility index (Phi) is 4.94. The number of benzene rings is 1. The van der Waals surface area contributed by atoms with Crippen LogP contribution in [-0.2, 0) is 17.6 Å². The fraction of sp³-hybridized carbons (Fsp3) is 0.250. The van der Waals surface area contributed by atoms with E-state index in [-0.39, 0.29) is 11.7 Å². The minimum Gasteiger partial charge on any atom is -0.465 e. The van der Waals surface area contributed by atoms with E-state index < -0.39 is 0 Å². The molecule has 3 nitrogen and oxygen atoms in total. The smallest absolute Gasteiger partial charge is 0.123 e. The van der Waals surface area contributed by atoms with Gasteiger partial charge in [0, 0.05) is 24.7 Å². The van der Waals surface area contributed by atoms with Crippen molar-refractivity contribution in [1.82, 2.24) is 4.98 Å². The predicted molar refractivity (Wildman–Crippen MR) is 90.6 cm³/mol. The predicted octanol–water partition coefficient (Wildman–Crippen LogP) is 4.62. The third-order valence-electron chi connectivity index (χ3n) is 4.25. The van der Waals surface area contributed by atoms with Gasteiger partial charge in [0.05, 0.1) is 5.92 Å². The summed E-state index contributed by atoms with van der Waals surface area (Å²) in [6.45, 7) is 2.09. The van der Waals surface area contributed by atoms with E-state index in [1.165, 1.54) is 17.7 Å². The topological polar surface area (TPSA) is 46.0 Å². The van der Waals surface area contributed by atoms with Gasteiger partial charge in [-0.15, -0.1) is 0 Å². The summed E-state index contributed by atoms with van der Waals surface area (Å²) in [5.41, 5.74) is 3.21. The van der Waals surface area contributed by atoms with E-state index in [9.17, 15) is 9.18 Å². The Balaban J connectivity index is 1.83. The molecule has 0 fully saturated rings. The van der Waals surface area contributed by atoms with Crippen molar-refractivity contribution in [3.8, 4) is 0 Å². The van der Waals surface area contributed by atoms with Gasteiger partial charge in [0.1, 0.15) is 23.6 Å². The first kappa shape index (κ1) is 16.2. The minimum absolute atomic E-state index is 0.102. The van der Waals surface area contributed by atoms with E-state index in [2.05, 4.69) is 11.9 Å². The van der Waals surface area contributed by atoms with Gasteiger partial charge in [-0.1, -0.05) is 19.1 Å². The van der Waals surface area contributed by atoms with Crippen molar-refractivity contribution < 1.29 is 13.6 Å². The van der Waals surface area contributed by atoms with Crippen LogP contribution in [0.4, 0.5) is 4.39 Å². The van der Waals surface area contributed by atoms with Crippen LogP contribution in [0.3, 0.4) is 0 Å².